The third-order valence-corrected chi connectivity index (χ3v) is 2.78. The van der Waals surface area contributed by atoms with Crippen molar-refractivity contribution in [2.24, 2.45) is 7.05 Å². The molecule has 0 bridgehead atoms. The topological polar surface area (TPSA) is 47.3 Å². The fraction of sp³-hybridized carbons (Fsp3) is 0.700. The number of aryl methyl sites for hydroxylation is 1. The average Bonchev–Trinajstić information content (AvgIpc) is 2.51. The molecule has 0 aliphatic carbocycles. The molecule has 1 aliphatic rings. The first-order valence-electron chi connectivity index (χ1n) is 4.93. The molecule has 0 radical (unpaired) electrons. The zero-order chi connectivity index (χ0) is 10.2. The van der Waals surface area contributed by atoms with Gasteiger partial charge in [0.05, 0.1) is 12.7 Å². The predicted molar refractivity (Wildman–Crippen MR) is 51.8 cm³/mol. The molecule has 1 aromatic heterocycles. The number of imidazole rings is 1. The first-order chi connectivity index (χ1) is 6.62. The van der Waals surface area contributed by atoms with Gasteiger partial charge in [-0.1, -0.05) is 0 Å². The Balaban J connectivity index is 2.27. The quantitative estimate of drug-likeness (QED) is 0.723. The van der Waals surface area contributed by atoms with Crippen LogP contribution in [0.15, 0.2) is 12.4 Å². The van der Waals surface area contributed by atoms with E-state index in [0.717, 1.165) is 5.82 Å². The number of ether oxygens (including phenoxy) is 1. The van der Waals surface area contributed by atoms with Crippen LogP contribution in [0, 0.1) is 0 Å². The molecule has 1 N–H and O–H groups in total. The van der Waals surface area contributed by atoms with Crippen LogP contribution in [0.3, 0.4) is 0 Å². The van der Waals surface area contributed by atoms with Crippen molar-refractivity contribution < 1.29 is 9.84 Å². The van der Waals surface area contributed by atoms with Gasteiger partial charge in [0, 0.05) is 32.3 Å². The average molecular weight is 196 g/mol. The van der Waals surface area contributed by atoms with Crippen molar-refractivity contribution in [2.45, 2.75) is 31.5 Å². The second-order valence-electron chi connectivity index (χ2n) is 4.03. The largest absolute Gasteiger partial charge is 0.382 e. The Labute approximate surface area is 83.5 Å². The van der Waals surface area contributed by atoms with Gasteiger partial charge in [0.1, 0.15) is 11.4 Å². The second kappa shape index (κ2) is 3.37. The standard InChI is InChI=1S/C10H16N2O2/c1-8-7-10(13,3-6-14-8)9-11-4-5-12(9)2/h4-5,8,13H,3,6-7H2,1-2H3. The van der Waals surface area contributed by atoms with Crippen molar-refractivity contribution in [3.8, 4) is 0 Å². The van der Waals surface area contributed by atoms with Gasteiger partial charge in [-0.3, -0.25) is 0 Å². The highest BCUT2D eigenvalue weighted by Gasteiger charge is 2.37. The third kappa shape index (κ3) is 1.55. The zero-order valence-electron chi connectivity index (χ0n) is 8.60. The normalized spacial score (nSPS) is 33.2. The van der Waals surface area contributed by atoms with E-state index >= 15 is 0 Å². The van der Waals surface area contributed by atoms with E-state index in [1.165, 1.54) is 0 Å². The van der Waals surface area contributed by atoms with Gasteiger partial charge in [0.15, 0.2) is 0 Å². The number of hydrogen-bond donors (Lipinski definition) is 1. The maximum atomic E-state index is 10.4. The Morgan fingerprint density at radius 3 is 3.07 bits per heavy atom. The van der Waals surface area contributed by atoms with Gasteiger partial charge >= 0.3 is 0 Å². The summed E-state index contributed by atoms with van der Waals surface area (Å²) in [6.07, 6.45) is 4.92. The summed E-state index contributed by atoms with van der Waals surface area (Å²) < 4.78 is 7.29. The lowest BCUT2D eigenvalue weighted by atomic mass is 9.90. The molecule has 0 amide bonds. The van der Waals surface area contributed by atoms with E-state index in [4.69, 9.17) is 4.74 Å². The molecule has 1 aromatic rings. The van der Waals surface area contributed by atoms with Crippen LogP contribution in [-0.4, -0.2) is 27.4 Å². The lowest BCUT2D eigenvalue weighted by Crippen LogP contribution is -2.39. The van der Waals surface area contributed by atoms with Gasteiger partial charge in [-0.05, 0) is 6.92 Å². The highest BCUT2D eigenvalue weighted by Crippen LogP contribution is 2.32. The minimum Gasteiger partial charge on any atom is -0.382 e. The maximum Gasteiger partial charge on any atom is 0.140 e. The molecule has 78 valence electrons. The smallest absolute Gasteiger partial charge is 0.140 e. The molecule has 0 saturated carbocycles. The Bertz CT molecular complexity index is 324. The third-order valence-electron chi connectivity index (χ3n) is 2.78. The Kier molecular flexibility index (Phi) is 2.33. The van der Waals surface area contributed by atoms with Crippen LogP contribution in [-0.2, 0) is 17.4 Å². The van der Waals surface area contributed by atoms with Crippen LogP contribution >= 0.6 is 0 Å². The summed E-state index contributed by atoms with van der Waals surface area (Å²) in [6, 6.07) is 0. The first-order valence-corrected chi connectivity index (χ1v) is 4.93. The summed E-state index contributed by atoms with van der Waals surface area (Å²) >= 11 is 0. The van der Waals surface area contributed by atoms with Gasteiger partial charge in [0.25, 0.3) is 0 Å². The van der Waals surface area contributed by atoms with Crippen LogP contribution in [0.25, 0.3) is 0 Å². The van der Waals surface area contributed by atoms with Gasteiger partial charge in [-0.15, -0.1) is 0 Å². The molecular weight excluding hydrogens is 180 g/mol. The van der Waals surface area contributed by atoms with Crippen LogP contribution in [0.4, 0.5) is 0 Å². The number of rotatable bonds is 1. The van der Waals surface area contributed by atoms with E-state index in [-0.39, 0.29) is 6.10 Å². The fourth-order valence-electron chi connectivity index (χ4n) is 2.08. The highest BCUT2D eigenvalue weighted by molar-refractivity contribution is 5.06. The number of aromatic nitrogens is 2. The summed E-state index contributed by atoms with van der Waals surface area (Å²) in [5.74, 6) is 0.743. The van der Waals surface area contributed by atoms with Gasteiger partial charge < -0.3 is 14.4 Å². The molecule has 2 rings (SSSR count). The van der Waals surface area contributed by atoms with E-state index < -0.39 is 5.60 Å². The Hall–Kier alpha value is -0.870. The molecular formula is C10H16N2O2. The maximum absolute atomic E-state index is 10.4. The summed E-state index contributed by atoms with van der Waals surface area (Å²) in [5.41, 5.74) is -0.810. The lowest BCUT2D eigenvalue weighted by Gasteiger charge is -2.34. The SMILES string of the molecule is CC1CC(O)(c2nccn2C)CCO1. The minimum absolute atomic E-state index is 0.102. The number of aliphatic hydroxyl groups is 1. The summed E-state index contributed by atoms with van der Waals surface area (Å²) in [5, 5.41) is 10.4. The van der Waals surface area contributed by atoms with E-state index in [1.54, 1.807) is 6.20 Å². The monoisotopic (exact) mass is 196 g/mol. The second-order valence-corrected chi connectivity index (χ2v) is 4.03. The van der Waals surface area contributed by atoms with Crippen LogP contribution in [0.1, 0.15) is 25.6 Å². The van der Waals surface area contributed by atoms with Crippen molar-refractivity contribution in [3.05, 3.63) is 18.2 Å². The molecule has 2 heterocycles. The van der Waals surface area contributed by atoms with E-state index in [1.807, 2.05) is 24.7 Å². The molecule has 2 atom stereocenters. The van der Waals surface area contributed by atoms with E-state index in [9.17, 15) is 5.11 Å². The summed E-state index contributed by atoms with van der Waals surface area (Å²) in [6.45, 7) is 2.58. The highest BCUT2D eigenvalue weighted by atomic mass is 16.5. The summed E-state index contributed by atoms with van der Waals surface area (Å²) in [7, 11) is 1.90. The van der Waals surface area contributed by atoms with Gasteiger partial charge in [0.2, 0.25) is 0 Å². The van der Waals surface area contributed by atoms with Crippen molar-refractivity contribution >= 4 is 0 Å². The van der Waals surface area contributed by atoms with Gasteiger partial charge in [-0.2, -0.15) is 0 Å². The van der Waals surface area contributed by atoms with Crippen molar-refractivity contribution in [3.63, 3.8) is 0 Å². The van der Waals surface area contributed by atoms with E-state index in [2.05, 4.69) is 4.98 Å². The van der Waals surface area contributed by atoms with Crippen LogP contribution in [0.2, 0.25) is 0 Å². The van der Waals surface area contributed by atoms with Crippen molar-refractivity contribution in [1.82, 2.24) is 9.55 Å². The fourth-order valence-corrected chi connectivity index (χ4v) is 2.08. The molecule has 0 aromatic carbocycles. The molecule has 0 spiro atoms. The molecule has 4 heteroatoms. The molecule has 14 heavy (non-hydrogen) atoms. The van der Waals surface area contributed by atoms with E-state index in [0.29, 0.717) is 19.4 Å². The van der Waals surface area contributed by atoms with Crippen molar-refractivity contribution in [2.75, 3.05) is 6.61 Å². The van der Waals surface area contributed by atoms with Crippen LogP contribution < -0.4 is 0 Å². The summed E-state index contributed by atoms with van der Waals surface area (Å²) in [4.78, 5) is 4.20. The lowest BCUT2D eigenvalue weighted by molar-refractivity contribution is -0.107. The first kappa shape index (κ1) is 9.68. The number of hydrogen-bond acceptors (Lipinski definition) is 3. The molecule has 2 unspecified atom stereocenters. The Morgan fingerprint density at radius 2 is 2.50 bits per heavy atom. The molecule has 1 saturated heterocycles. The predicted octanol–water partition coefficient (Wildman–Crippen LogP) is 0.807. The van der Waals surface area contributed by atoms with Gasteiger partial charge in [-0.25, -0.2) is 4.98 Å². The zero-order valence-corrected chi connectivity index (χ0v) is 8.60. The Morgan fingerprint density at radius 1 is 1.71 bits per heavy atom. The van der Waals surface area contributed by atoms with Crippen LogP contribution in [0.5, 0.6) is 0 Å². The molecule has 4 nitrogen and oxygen atoms in total. The minimum atomic E-state index is -0.810. The molecule has 1 fully saturated rings. The molecule has 1 aliphatic heterocycles. The van der Waals surface area contributed by atoms with Crippen molar-refractivity contribution in [1.29, 1.82) is 0 Å². The number of nitrogens with zero attached hydrogens (tertiary/aromatic N) is 2.